The highest BCUT2D eigenvalue weighted by atomic mass is 19.2. The van der Waals surface area contributed by atoms with Crippen molar-refractivity contribution in [3.05, 3.63) is 88.5 Å². The maximum atomic E-state index is 15.2. The van der Waals surface area contributed by atoms with Gasteiger partial charge in [0.2, 0.25) is 11.6 Å². The molecule has 0 N–H and O–H groups in total. The van der Waals surface area contributed by atoms with Crippen molar-refractivity contribution in [2.24, 2.45) is 5.92 Å². The summed E-state index contributed by atoms with van der Waals surface area (Å²) in [6.07, 6.45) is 6.56. The van der Waals surface area contributed by atoms with Crippen LogP contribution in [0.4, 0.5) is 26.3 Å². The van der Waals surface area contributed by atoms with E-state index in [0.29, 0.717) is 38.7 Å². The molecule has 0 heterocycles. The second-order valence-electron chi connectivity index (χ2n) is 11.4. The van der Waals surface area contributed by atoms with Gasteiger partial charge in [-0.2, -0.15) is 8.78 Å². The Morgan fingerprint density at radius 3 is 1.73 bits per heavy atom. The molecule has 9 heteroatoms. The zero-order valence-electron chi connectivity index (χ0n) is 24.8. The lowest BCUT2D eigenvalue weighted by Crippen LogP contribution is -2.23. The highest BCUT2D eigenvalue weighted by Gasteiger charge is 2.29. The monoisotopic (exact) mass is 618 g/mol. The Labute approximate surface area is 253 Å². The summed E-state index contributed by atoms with van der Waals surface area (Å²) in [5, 5.41) is 0. The number of halogens is 6. The average Bonchev–Trinajstić information content (AvgIpc) is 3.03. The van der Waals surface area contributed by atoms with Gasteiger partial charge in [0.25, 0.3) is 0 Å². The normalized spacial score (nSPS) is 20.4. The van der Waals surface area contributed by atoms with Gasteiger partial charge >= 0.3 is 0 Å². The molecule has 0 bridgehead atoms. The highest BCUT2D eigenvalue weighted by molar-refractivity contribution is 5.68. The summed E-state index contributed by atoms with van der Waals surface area (Å²) in [6, 6.07) is 8.17. The molecule has 1 atom stereocenters. The lowest BCUT2D eigenvalue weighted by atomic mass is 9.78. The molecule has 0 spiro atoms. The lowest BCUT2D eigenvalue weighted by molar-refractivity contribution is 0.0157. The van der Waals surface area contributed by atoms with Crippen LogP contribution in [0, 0.1) is 40.8 Å². The molecule has 2 aliphatic rings. The van der Waals surface area contributed by atoms with Crippen molar-refractivity contribution in [3.8, 4) is 22.6 Å². The van der Waals surface area contributed by atoms with Gasteiger partial charge in [-0.15, -0.1) is 0 Å². The van der Waals surface area contributed by atoms with Crippen molar-refractivity contribution >= 4 is 5.57 Å². The van der Waals surface area contributed by atoms with Crippen LogP contribution in [-0.4, -0.2) is 25.9 Å². The third-order valence-corrected chi connectivity index (χ3v) is 8.66. The number of benzene rings is 3. The third-order valence-electron chi connectivity index (χ3n) is 8.66. The molecule has 5 rings (SSSR count). The molecule has 236 valence electrons. The first kappa shape index (κ1) is 31.9. The minimum Gasteiger partial charge on any atom is -0.491 e. The van der Waals surface area contributed by atoms with Crippen molar-refractivity contribution < 1.29 is 40.6 Å². The van der Waals surface area contributed by atoms with Crippen LogP contribution in [0.5, 0.6) is 11.5 Å². The van der Waals surface area contributed by atoms with Crippen molar-refractivity contribution in [2.45, 2.75) is 70.8 Å². The second-order valence-corrected chi connectivity index (χ2v) is 11.4. The Morgan fingerprint density at radius 1 is 0.614 bits per heavy atom. The standard InChI is InChI=1S/C35H36F6O3/c1-3-42-28-17-15-25(31(37)34(28)40)22-9-11-23(12-10-22)44-19-20-5-7-21(8-6-20)24-13-14-26(32(38)30(24)36)27-16-18-29(43-4-2)35(41)33(27)39/h9,13-18,20-21,23H,3-8,10-12,19H2,1-2H3. The summed E-state index contributed by atoms with van der Waals surface area (Å²) in [5.74, 6) is -6.95. The van der Waals surface area contributed by atoms with E-state index in [9.17, 15) is 17.6 Å². The minimum atomic E-state index is -1.29. The van der Waals surface area contributed by atoms with E-state index in [4.69, 9.17) is 14.2 Å². The van der Waals surface area contributed by atoms with Crippen LogP contribution in [0.2, 0.25) is 0 Å². The number of hydrogen-bond donors (Lipinski definition) is 0. The van der Waals surface area contributed by atoms with Crippen LogP contribution < -0.4 is 9.47 Å². The molecule has 3 aromatic carbocycles. The predicted molar refractivity (Wildman–Crippen MR) is 157 cm³/mol. The van der Waals surface area contributed by atoms with Crippen molar-refractivity contribution in [1.82, 2.24) is 0 Å². The summed E-state index contributed by atoms with van der Waals surface area (Å²) in [6.45, 7) is 4.25. The fraction of sp³-hybridized carbons (Fsp3) is 0.429. The van der Waals surface area contributed by atoms with E-state index in [1.807, 2.05) is 6.08 Å². The van der Waals surface area contributed by atoms with E-state index in [0.717, 1.165) is 18.4 Å². The summed E-state index contributed by atoms with van der Waals surface area (Å²) < 4.78 is 105. The molecule has 0 aliphatic heterocycles. The molecule has 0 aromatic heterocycles. The molecule has 3 nitrogen and oxygen atoms in total. The van der Waals surface area contributed by atoms with E-state index in [1.54, 1.807) is 19.9 Å². The Balaban J connectivity index is 1.15. The first-order valence-corrected chi connectivity index (χ1v) is 15.2. The molecular formula is C35H36F6O3. The first-order chi connectivity index (χ1) is 21.2. The smallest absolute Gasteiger partial charge is 0.201 e. The van der Waals surface area contributed by atoms with E-state index in [2.05, 4.69) is 0 Å². The predicted octanol–water partition coefficient (Wildman–Crippen LogP) is 9.91. The molecular weight excluding hydrogens is 582 g/mol. The van der Waals surface area contributed by atoms with Gasteiger partial charge in [-0.3, -0.25) is 0 Å². The van der Waals surface area contributed by atoms with Crippen LogP contribution in [0.1, 0.15) is 75.8 Å². The maximum absolute atomic E-state index is 15.2. The van der Waals surface area contributed by atoms with Crippen LogP contribution >= 0.6 is 0 Å². The Kier molecular flexibility index (Phi) is 10.2. The van der Waals surface area contributed by atoms with Crippen LogP contribution in [0.25, 0.3) is 16.7 Å². The van der Waals surface area contributed by atoms with Gasteiger partial charge < -0.3 is 14.2 Å². The molecule has 0 saturated heterocycles. The number of hydrogen-bond acceptors (Lipinski definition) is 3. The number of ether oxygens (including phenoxy) is 3. The van der Waals surface area contributed by atoms with E-state index in [1.165, 1.54) is 30.3 Å². The number of allylic oxidation sites excluding steroid dienone is 1. The summed E-state index contributed by atoms with van der Waals surface area (Å²) in [5.41, 5.74) is 0.529. The van der Waals surface area contributed by atoms with Gasteiger partial charge in [-0.25, -0.2) is 17.6 Å². The summed E-state index contributed by atoms with van der Waals surface area (Å²) >= 11 is 0. The van der Waals surface area contributed by atoms with Gasteiger partial charge in [-0.05, 0) is 106 Å². The lowest BCUT2D eigenvalue weighted by Gasteiger charge is -2.31. The highest BCUT2D eigenvalue weighted by Crippen LogP contribution is 2.41. The van der Waals surface area contributed by atoms with Gasteiger partial charge in [0, 0.05) is 23.3 Å². The van der Waals surface area contributed by atoms with Gasteiger partial charge in [-0.1, -0.05) is 18.2 Å². The maximum Gasteiger partial charge on any atom is 0.201 e. The van der Waals surface area contributed by atoms with Gasteiger partial charge in [0.05, 0.1) is 19.3 Å². The van der Waals surface area contributed by atoms with E-state index < -0.39 is 34.9 Å². The molecule has 0 amide bonds. The first-order valence-electron chi connectivity index (χ1n) is 15.2. The summed E-state index contributed by atoms with van der Waals surface area (Å²) in [7, 11) is 0. The van der Waals surface area contributed by atoms with Crippen LogP contribution in [0.3, 0.4) is 0 Å². The second kappa shape index (κ2) is 14.1. The summed E-state index contributed by atoms with van der Waals surface area (Å²) in [4.78, 5) is 0. The Bertz CT molecular complexity index is 1510. The SMILES string of the molecule is CCOc1ccc(C2=CCC(OCC3CCC(c4ccc(-c5ccc(OCC)c(F)c5F)c(F)c4F)CC3)CC2)c(F)c1F. The van der Waals surface area contributed by atoms with Crippen molar-refractivity contribution in [1.29, 1.82) is 0 Å². The van der Waals surface area contributed by atoms with Gasteiger partial charge in [0.1, 0.15) is 0 Å². The minimum absolute atomic E-state index is 0.0287. The fourth-order valence-corrected chi connectivity index (χ4v) is 6.26. The zero-order valence-corrected chi connectivity index (χ0v) is 24.8. The number of rotatable bonds is 10. The molecule has 2 aliphatic carbocycles. The average molecular weight is 619 g/mol. The molecule has 1 saturated carbocycles. The molecule has 0 radical (unpaired) electrons. The molecule has 3 aromatic rings. The van der Waals surface area contributed by atoms with Gasteiger partial charge in [0.15, 0.2) is 34.8 Å². The largest absolute Gasteiger partial charge is 0.491 e. The fourth-order valence-electron chi connectivity index (χ4n) is 6.26. The Morgan fingerprint density at radius 2 is 1.16 bits per heavy atom. The molecule has 1 unspecified atom stereocenters. The van der Waals surface area contributed by atoms with Crippen molar-refractivity contribution in [2.75, 3.05) is 19.8 Å². The van der Waals surface area contributed by atoms with Crippen molar-refractivity contribution in [3.63, 3.8) is 0 Å². The van der Waals surface area contributed by atoms with E-state index >= 15 is 8.78 Å². The van der Waals surface area contributed by atoms with Crippen LogP contribution in [-0.2, 0) is 4.74 Å². The zero-order chi connectivity index (χ0) is 31.4. The Hall–Kier alpha value is -3.46. The third kappa shape index (κ3) is 6.63. The van der Waals surface area contributed by atoms with E-state index in [-0.39, 0.29) is 64.9 Å². The molecule has 44 heavy (non-hydrogen) atoms. The van der Waals surface area contributed by atoms with Crippen LogP contribution in [0.15, 0.2) is 42.5 Å². The quantitative estimate of drug-likeness (QED) is 0.212. The topological polar surface area (TPSA) is 27.7 Å². The molecule has 1 fully saturated rings.